The fourth-order valence-corrected chi connectivity index (χ4v) is 2.17. The number of aryl methyl sites for hydroxylation is 1. The van der Waals surface area contributed by atoms with Crippen LogP contribution in [0.2, 0.25) is 0 Å². The lowest BCUT2D eigenvalue weighted by atomic mass is 10.2. The summed E-state index contributed by atoms with van der Waals surface area (Å²) < 4.78 is 1.35. The molecule has 2 rings (SSSR count). The molecule has 1 heterocycles. The van der Waals surface area contributed by atoms with E-state index in [1.807, 2.05) is 32.0 Å². The molecule has 1 aromatic carbocycles. The number of amides is 1. The van der Waals surface area contributed by atoms with E-state index >= 15 is 0 Å². The summed E-state index contributed by atoms with van der Waals surface area (Å²) in [7, 11) is 0. The first-order chi connectivity index (χ1) is 10.5. The Labute approximate surface area is 128 Å². The van der Waals surface area contributed by atoms with Gasteiger partial charge in [-0.15, -0.1) is 5.10 Å². The topological polar surface area (TPSA) is 97.1 Å². The van der Waals surface area contributed by atoms with Gasteiger partial charge < -0.3 is 10.4 Å². The average Bonchev–Trinajstić information content (AvgIpc) is 2.82. The standard InChI is InChI=1S/C15H18N4O3/c1-3-5-12-14(15(21)22)17-18-19(12)9-13(20)16-11-7-4-6-10(2)8-11/h4,6-8H,3,5,9H2,1-2H3,(H,16,20)(H,21,22). The zero-order valence-corrected chi connectivity index (χ0v) is 12.5. The SMILES string of the molecule is CCCc1c(C(=O)O)nnn1CC(=O)Nc1cccc(C)c1. The molecule has 0 saturated heterocycles. The van der Waals surface area contributed by atoms with Crippen LogP contribution in [-0.2, 0) is 17.8 Å². The summed E-state index contributed by atoms with van der Waals surface area (Å²) in [5.41, 5.74) is 2.11. The van der Waals surface area contributed by atoms with Gasteiger partial charge in [0.05, 0.1) is 5.69 Å². The minimum absolute atomic E-state index is 0.0659. The molecule has 0 aliphatic carbocycles. The number of rotatable bonds is 6. The number of carboxylic acid groups (broad SMARTS) is 1. The average molecular weight is 302 g/mol. The third-order valence-corrected chi connectivity index (χ3v) is 3.12. The van der Waals surface area contributed by atoms with Crippen LogP contribution in [0.15, 0.2) is 24.3 Å². The Morgan fingerprint density at radius 2 is 2.14 bits per heavy atom. The predicted octanol–water partition coefficient (Wildman–Crippen LogP) is 1.88. The normalized spacial score (nSPS) is 10.5. The second-order valence-electron chi connectivity index (χ2n) is 5.02. The summed E-state index contributed by atoms with van der Waals surface area (Å²) in [6.07, 6.45) is 1.25. The summed E-state index contributed by atoms with van der Waals surface area (Å²) >= 11 is 0. The van der Waals surface area contributed by atoms with Crippen LogP contribution in [0.5, 0.6) is 0 Å². The van der Waals surface area contributed by atoms with Crippen LogP contribution in [0.1, 0.15) is 35.1 Å². The third-order valence-electron chi connectivity index (χ3n) is 3.12. The molecule has 0 unspecified atom stereocenters. The number of carbonyl (C=O) groups excluding carboxylic acids is 1. The maximum absolute atomic E-state index is 12.1. The zero-order valence-electron chi connectivity index (χ0n) is 12.5. The molecule has 1 aromatic heterocycles. The quantitative estimate of drug-likeness (QED) is 0.849. The van der Waals surface area contributed by atoms with Crippen LogP contribution in [0.25, 0.3) is 0 Å². The maximum Gasteiger partial charge on any atom is 0.358 e. The first-order valence-corrected chi connectivity index (χ1v) is 7.03. The number of nitrogens with zero attached hydrogens (tertiary/aromatic N) is 3. The van der Waals surface area contributed by atoms with Crippen LogP contribution in [0.4, 0.5) is 5.69 Å². The molecule has 0 atom stereocenters. The molecule has 7 nitrogen and oxygen atoms in total. The summed E-state index contributed by atoms with van der Waals surface area (Å²) in [4.78, 5) is 23.2. The van der Waals surface area contributed by atoms with Crippen molar-refractivity contribution in [2.24, 2.45) is 0 Å². The summed E-state index contributed by atoms with van der Waals surface area (Å²) in [5, 5.41) is 19.3. The maximum atomic E-state index is 12.1. The second-order valence-corrected chi connectivity index (χ2v) is 5.02. The molecule has 22 heavy (non-hydrogen) atoms. The highest BCUT2D eigenvalue weighted by Crippen LogP contribution is 2.11. The Morgan fingerprint density at radius 1 is 1.36 bits per heavy atom. The lowest BCUT2D eigenvalue weighted by Crippen LogP contribution is -2.21. The molecule has 0 saturated carbocycles. The first-order valence-electron chi connectivity index (χ1n) is 7.03. The van der Waals surface area contributed by atoms with Crippen molar-refractivity contribution in [2.75, 3.05) is 5.32 Å². The fraction of sp³-hybridized carbons (Fsp3) is 0.333. The molecule has 0 radical (unpaired) electrons. The number of anilines is 1. The van der Waals surface area contributed by atoms with E-state index in [0.29, 0.717) is 17.8 Å². The first kappa shape index (κ1) is 15.7. The molecule has 0 spiro atoms. The third kappa shape index (κ3) is 3.69. The van der Waals surface area contributed by atoms with Gasteiger partial charge >= 0.3 is 5.97 Å². The highest BCUT2D eigenvalue weighted by atomic mass is 16.4. The van der Waals surface area contributed by atoms with Gasteiger partial charge in [-0.25, -0.2) is 9.48 Å². The van der Waals surface area contributed by atoms with Crippen LogP contribution in [0.3, 0.4) is 0 Å². The van der Waals surface area contributed by atoms with Crippen molar-refractivity contribution in [1.82, 2.24) is 15.0 Å². The number of hydrogen-bond donors (Lipinski definition) is 2. The van der Waals surface area contributed by atoms with Gasteiger partial charge in [-0.1, -0.05) is 30.7 Å². The van der Waals surface area contributed by atoms with Crippen LogP contribution in [-0.4, -0.2) is 32.0 Å². The number of benzene rings is 1. The van der Waals surface area contributed by atoms with E-state index in [0.717, 1.165) is 12.0 Å². The van der Waals surface area contributed by atoms with E-state index in [-0.39, 0.29) is 18.1 Å². The van der Waals surface area contributed by atoms with Crippen molar-refractivity contribution < 1.29 is 14.7 Å². The number of aromatic carboxylic acids is 1. The van der Waals surface area contributed by atoms with Crippen LogP contribution < -0.4 is 5.32 Å². The molecule has 116 valence electrons. The minimum atomic E-state index is -1.13. The number of nitrogens with one attached hydrogen (secondary N) is 1. The molecule has 2 aromatic rings. The van der Waals surface area contributed by atoms with Gasteiger partial charge in [0.25, 0.3) is 0 Å². The Morgan fingerprint density at radius 3 is 2.77 bits per heavy atom. The van der Waals surface area contributed by atoms with E-state index in [2.05, 4.69) is 15.6 Å². The minimum Gasteiger partial charge on any atom is -0.476 e. The highest BCUT2D eigenvalue weighted by Gasteiger charge is 2.19. The van der Waals surface area contributed by atoms with Crippen molar-refractivity contribution in [3.63, 3.8) is 0 Å². The van der Waals surface area contributed by atoms with Crippen LogP contribution >= 0.6 is 0 Å². The van der Waals surface area contributed by atoms with Gasteiger partial charge in [0, 0.05) is 5.69 Å². The van der Waals surface area contributed by atoms with Gasteiger partial charge in [-0.05, 0) is 31.0 Å². The molecule has 0 aliphatic rings. The highest BCUT2D eigenvalue weighted by molar-refractivity contribution is 5.91. The lowest BCUT2D eigenvalue weighted by molar-refractivity contribution is -0.117. The van der Waals surface area contributed by atoms with E-state index in [9.17, 15) is 9.59 Å². The summed E-state index contributed by atoms with van der Waals surface area (Å²) in [6.45, 7) is 3.80. The number of carbonyl (C=O) groups is 2. The van der Waals surface area contributed by atoms with Crippen LogP contribution in [0, 0.1) is 6.92 Å². The smallest absolute Gasteiger partial charge is 0.358 e. The molecule has 0 fully saturated rings. The Kier molecular flexibility index (Phi) is 4.88. The Balaban J connectivity index is 2.13. The van der Waals surface area contributed by atoms with Gasteiger partial charge in [0.1, 0.15) is 6.54 Å². The summed E-state index contributed by atoms with van der Waals surface area (Å²) in [6, 6.07) is 7.44. The molecule has 7 heteroatoms. The number of hydrogen-bond acceptors (Lipinski definition) is 4. The summed E-state index contributed by atoms with van der Waals surface area (Å²) in [5.74, 6) is -1.40. The molecule has 2 N–H and O–H groups in total. The van der Waals surface area contributed by atoms with E-state index in [1.165, 1.54) is 4.68 Å². The largest absolute Gasteiger partial charge is 0.476 e. The number of aromatic nitrogens is 3. The van der Waals surface area contributed by atoms with Crippen molar-refractivity contribution in [2.45, 2.75) is 33.2 Å². The Hall–Kier alpha value is -2.70. The van der Waals surface area contributed by atoms with E-state index in [4.69, 9.17) is 5.11 Å². The predicted molar refractivity (Wildman–Crippen MR) is 80.8 cm³/mol. The van der Waals surface area contributed by atoms with E-state index in [1.54, 1.807) is 6.07 Å². The van der Waals surface area contributed by atoms with Gasteiger partial charge in [0.15, 0.2) is 5.69 Å². The molecule has 0 bridgehead atoms. The molecule has 1 amide bonds. The van der Waals surface area contributed by atoms with Crippen molar-refractivity contribution in [3.8, 4) is 0 Å². The Bertz CT molecular complexity index is 694. The lowest BCUT2D eigenvalue weighted by Gasteiger charge is -2.08. The van der Waals surface area contributed by atoms with Crippen molar-refractivity contribution in [3.05, 3.63) is 41.2 Å². The number of carboxylic acids is 1. The van der Waals surface area contributed by atoms with Crippen molar-refractivity contribution in [1.29, 1.82) is 0 Å². The second kappa shape index (κ2) is 6.84. The zero-order chi connectivity index (χ0) is 16.1. The van der Waals surface area contributed by atoms with Gasteiger partial charge in [0.2, 0.25) is 5.91 Å². The molecular formula is C15H18N4O3. The molecule has 0 aliphatic heterocycles. The van der Waals surface area contributed by atoms with Crippen molar-refractivity contribution >= 4 is 17.6 Å². The molecular weight excluding hydrogens is 284 g/mol. The monoisotopic (exact) mass is 302 g/mol. The van der Waals surface area contributed by atoms with Gasteiger partial charge in [-0.2, -0.15) is 0 Å². The van der Waals surface area contributed by atoms with Gasteiger partial charge in [-0.3, -0.25) is 4.79 Å². The fourth-order valence-electron chi connectivity index (χ4n) is 2.17. The van der Waals surface area contributed by atoms with E-state index < -0.39 is 5.97 Å².